The largest absolute Gasteiger partial charge is 0.442 e. The molecule has 6 nitrogen and oxygen atoms in total. The number of hydrogen-bond acceptors (Lipinski definition) is 5. The van der Waals surface area contributed by atoms with Gasteiger partial charge in [-0.1, -0.05) is 40.6 Å². The van der Waals surface area contributed by atoms with Gasteiger partial charge < -0.3 is 4.52 Å². The summed E-state index contributed by atoms with van der Waals surface area (Å²) in [6.45, 7) is 3.98. The smallest absolute Gasteiger partial charge is 0.361 e. The van der Waals surface area contributed by atoms with Gasteiger partial charge in [0.1, 0.15) is 5.76 Å². The lowest BCUT2D eigenvalue weighted by Gasteiger charge is -2.04. The molecular formula is C14H13N3O3. The molecule has 6 heteroatoms. The van der Waals surface area contributed by atoms with Gasteiger partial charge in [0.05, 0.1) is 12.2 Å². The van der Waals surface area contributed by atoms with Crippen molar-refractivity contribution < 1.29 is 9.05 Å². The van der Waals surface area contributed by atoms with Crippen LogP contribution in [0.2, 0.25) is 0 Å². The van der Waals surface area contributed by atoms with Crippen molar-refractivity contribution >= 4 is 0 Å². The quantitative estimate of drug-likeness (QED) is 0.729. The number of rotatable bonds is 3. The van der Waals surface area contributed by atoms with E-state index in [0.717, 1.165) is 16.8 Å². The lowest BCUT2D eigenvalue weighted by Crippen LogP contribution is -2.17. The van der Waals surface area contributed by atoms with Crippen molar-refractivity contribution in [3.8, 4) is 11.4 Å². The van der Waals surface area contributed by atoms with Gasteiger partial charge >= 0.3 is 5.76 Å². The van der Waals surface area contributed by atoms with E-state index < -0.39 is 5.76 Å². The van der Waals surface area contributed by atoms with E-state index in [1.54, 1.807) is 0 Å². The van der Waals surface area contributed by atoms with Crippen LogP contribution < -0.4 is 5.76 Å². The van der Waals surface area contributed by atoms with Crippen LogP contribution >= 0.6 is 0 Å². The maximum Gasteiger partial charge on any atom is 0.442 e. The van der Waals surface area contributed by atoms with E-state index in [2.05, 4.69) is 10.3 Å². The Morgan fingerprint density at radius 2 is 1.85 bits per heavy atom. The van der Waals surface area contributed by atoms with Crippen molar-refractivity contribution in [3.05, 3.63) is 57.9 Å². The van der Waals surface area contributed by atoms with Gasteiger partial charge in [-0.3, -0.25) is 9.09 Å². The minimum Gasteiger partial charge on any atom is -0.361 e. The van der Waals surface area contributed by atoms with Crippen LogP contribution in [0.5, 0.6) is 0 Å². The number of hydrogen-bond donors (Lipinski definition) is 0. The zero-order valence-electron chi connectivity index (χ0n) is 11.2. The minimum atomic E-state index is -0.496. The molecule has 0 fully saturated rings. The molecule has 0 atom stereocenters. The second-order valence-electron chi connectivity index (χ2n) is 4.53. The Bertz CT molecular complexity index is 764. The fourth-order valence-corrected chi connectivity index (χ4v) is 2.09. The summed E-state index contributed by atoms with van der Waals surface area (Å²) in [6, 6.07) is 9.42. The molecule has 0 aliphatic rings. The molecule has 102 valence electrons. The molecule has 0 radical (unpaired) electrons. The second-order valence-corrected chi connectivity index (χ2v) is 4.53. The maximum atomic E-state index is 11.8. The molecule has 1 aromatic carbocycles. The van der Waals surface area contributed by atoms with Gasteiger partial charge in [0.15, 0.2) is 5.82 Å². The SMILES string of the molecule is Cc1noc(C)c1Cn1c(-c2ccccc2)noc1=O. The average Bonchev–Trinajstić information content (AvgIpc) is 2.98. The molecule has 0 unspecified atom stereocenters. The highest BCUT2D eigenvalue weighted by Gasteiger charge is 2.17. The van der Waals surface area contributed by atoms with Gasteiger partial charge in [0.25, 0.3) is 0 Å². The molecule has 0 aliphatic carbocycles. The normalized spacial score (nSPS) is 10.9. The fraction of sp³-hybridized carbons (Fsp3) is 0.214. The van der Waals surface area contributed by atoms with Crippen LogP contribution in [0, 0.1) is 13.8 Å². The molecule has 0 N–H and O–H groups in total. The monoisotopic (exact) mass is 271 g/mol. The molecule has 0 aliphatic heterocycles. The summed E-state index contributed by atoms with van der Waals surface area (Å²) >= 11 is 0. The Morgan fingerprint density at radius 3 is 2.50 bits per heavy atom. The van der Waals surface area contributed by atoms with Gasteiger partial charge in [-0.2, -0.15) is 0 Å². The molecule has 0 saturated carbocycles. The Kier molecular flexibility index (Phi) is 2.98. The third-order valence-electron chi connectivity index (χ3n) is 3.22. The van der Waals surface area contributed by atoms with Gasteiger partial charge in [-0.05, 0) is 13.8 Å². The number of aromatic nitrogens is 3. The molecule has 0 saturated heterocycles. The second kappa shape index (κ2) is 4.80. The van der Waals surface area contributed by atoms with E-state index in [0.29, 0.717) is 18.1 Å². The third kappa shape index (κ3) is 2.05. The van der Waals surface area contributed by atoms with Crippen LogP contribution in [-0.2, 0) is 6.54 Å². The van der Waals surface area contributed by atoms with Crippen molar-refractivity contribution in [2.75, 3.05) is 0 Å². The highest BCUT2D eigenvalue weighted by atomic mass is 16.5. The molecule has 3 rings (SSSR count). The molecule has 0 spiro atoms. The highest BCUT2D eigenvalue weighted by molar-refractivity contribution is 5.54. The minimum absolute atomic E-state index is 0.327. The standard InChI is InChI=1S/C14H13N3O3/c1-9-12(10(2)19-15-9)8-17-13(16-20-14(17)18)11-6-4-3-5-7-11/h3-7H,8H2,1-2H3. The maximum absolute atomic E-state index is 11.8. The van der Waals surface area contributed by atoms with Crippen molar-refractivity contribution in [3.63, 3.8) is 0 Å². The van der Waals surface area contributed by atoms with Crippen LogP contribution in [0.4, 0.5) is 0 Å². The summed E-state index contributed by atoms with van der Waals surface area (Å²) in [5.74, 6) is 0.689. The summed E-state index contributed by atoms with van der Waals surface area (Å²) in [5.41, 5.74) is 2.45. The molecular weight excluding hydrogens is 258 g/mol. The first-order valence-electron chi connectivity index (χ1n) is 6.20. The highest BCUT2D eigenvalue weighted by Crippen LogP contribution is 2.19. The van der Waals surface area contributed by atoms with Gasteiger partial charge in [0, 0.05) is 11.1 Å². The summed E-state index contributed by atoms with van der Waals surface area (Å²) in [6.07, 6.45) is 0. The Labute approximate surface area is 114 Å². The van der Waals surface area contributed by atoms with Crippen LogP contribution in [0.15, 0.2) is 44.2 Å². The number of nitrogens with zero attached hydrogens (tertiary/aromatic N) is 3. The molecule has 3 aromatic rings. The summed E-state index contributed by atoms with van der Waals surface area (Å²) < 4.78 is 11.4. The van der Waals surface area contributed by atoms with E-state index in [1.807, 2.05) is 44.2 Å². The Hall–Kier alpha value is -2.63. The van der Waals surface area contributed by atoms with Crippen molar-refractivity contribution in [1.29, 1.82) is 0 Å². The topological polar surface area (TPSA) is 74.1 Å². The molecule has 0 bridgehead atoms. The Balaban J connectivity index is 2.07. The summed E-state index contributed by atoms with van der Waals surface area (Å²) in [5, 5.41) is 7.74. The predicted octanol–water partition coefficient (Wildman–Crippen LogP) is 2.16. The van der Waals surface area contributed by atoms with E-state index >= 15 is 0 Å². The lowest BCUT2D eigenvalue weighted by atomic mass is 10.2. The van der Waals surface area contributed by atoms with Crippen LogP contribution in [0.25, 0.3) is 11.4 Å². The van der Waals surface area contributed by atoms with Gasteiger partial charge in [-0.15, -0.1) is 0 Å². The summed E-state index contributed by atoms with van der Waals surface area (Å²) in [7, 11) is 0. The van der Waals surface area contributed by atoms with Gasteiger partial charge in [-0.25, -0.2) is 4.79 Å². The van der Waals surface area contributed by atoms with Crippen LogP contribution in [0.3, 0.4) is 0 Å². The lowest BCUT2D eigenvalue weighted by molar-refractivity contribution is 0.377. The van der Waals surface area contributed by atoms with Crippen molar-refractivity contribution in [1.82, 2.24) is 14.9 Å². The van der Waals surface area contributed by atoms with Crippen LogP contribution in [-0.4, -0.2) is 14.9 Å². The first-order valence-corrected chi connectivity index (χ1v) is 6.20. The van der Waals surface area contributed by atoms with Crippen molar-refractivity contribution in [2.24, 2.45) is 0 Å². The number of aryl methyl sites for hydroxylation is 2. The van der Waals surface area contributed by atoms with Crippen LogP contribution in [0.1, 0.15) is 17.0 Å². The van der Waals surface area contributed by atoms with E-state index in [1.165, 1.54) is 4.57 Å². The van der Waals surface area contributed by atoms with E-state index in [4.69, 9.17) is 9.05 Å². The first kappa shape index (κ1) is 12.4. The fourth-order valence-electron chi connectivity index (χ4n) is 2.09. The zero-order chi connectivity index (χ0) is 14.1. The predicted molar refractivity (Wildman–Crippen MR) is 71.3 cm³/mol. The molecule has 2 heterocycles. The van der Waals surface area contributed by atoms with Gasteiger partial charge in [0.2, 0.25) is 0 Å². The summed E-state index contributed by atoms with van der Waals surface area (Å²) in [4.78, 5) is 11.8. The Morgan fingerprint density at radius 1 is 1.10 bits per heavy atom. The first-order chi connectivity index (χ1) is 9.66. The zero-order valence-corrected chi connectivity index (χ0v) is 11.2. The third-order valence-corrected chi connectivity index (χ3v) is 3.22. The van der Waals surface area contributed by atoms with E-state index in [-0.39, 0.29) is 0 Å². The number of benzene rings is 1. The molecule has 2 aromatic heterocycles. The molecule has 0 amide bonds. The average molecular weight is 271 g/mol. The van der Waals surface area contributed by atoms with E-state index in [9.17, 15) is 4.79 Å². The molecule has 20 heavy (non-hydrogen) atoms. The van der Waals surface area contributed by atoms with Crippen molar-refractivity contribution in [2.45, 2.75) is 20.4 Å².